The summed E-state index contributed by atoms with van der Waals surface area (Å²) in [5, 5.41) is 5.29. The molecule has 0 aliphatic carbocycles. The van der Waals surface area contributed by atoms with Crippen LogP contribution in [0.25, 0.3) is 28.6 Å². The molecule has 1 atom stereocenters. The van der Waals surface area contributed by atoms with Crippen LogP contribution in [0.1, 0.15) is 30.2 Å². The summed E-state index contributed by atoms with van der Waals surface area (Å²) in [5.41, 5.74) is 5.74. The SMILES string of the molecule is CCc1nc2ccc(C(C=CC(=O)CC3CNC(=O)O3)=Cc3ccc4c(c3)OCO4)cn2c1N(C)c1nc(-c2ccc(F)cc2)cs1. The summed E-state index contributed by atoms with van der Waals surface area (Å²) >= 11 is 1.49. The van der Waals surface area contributed by atoms with Crippen molar-refractivity contribution in [2.24, 2.45) is 0 Å². The van der Waals surface area contributed by atoms with E-state index in [0.717, 1.165) is 50.2 Å². The number of ether oxygens (including phenoxy) is 3. The molecule has 0 radical (unpaired) electrons. The van der Waals surface area contributed by atoms with Gasteiger partial charge in [-0.15, -0.1) is 11.3 Å². The summed E-state index contributed by atoms with van der Waals surface area (Å²) in [6.07, 6.45) is 7.02. The van der Waals surface area contributed by atoms with Crippen LogP contribution in [-0.2, 0) is 16.0 Å². The van der Waals surface area contributed by atoms with Gasteiger partial charge in [0.2, 0.25) is 6.79 Å². The lowest BCUT2D eigenvalue weighted by Gasteiger charge is -2.17. The van der Waals surface area contributed by atoms with E-state index in [2.05, 4.69) is 12.2 Å². The Bertz CT molecular complexity index is 2050. The number of hydrogen-bond acceptors (Lipinski definition) is 9. The Balaban J connectivity index is 1.25. The Labute approximate surface area is 273 Å². The number of allylic oxidation sites excluding steroid dienone is 3. The van der Waals surface area contributed by atoms with Crippen LogP contribution >= 0.6 is 11.3 Å². The summed E-state index contributed by atoms with van der Waals surface area (Å²) in [6.45, 7) is 2.53. The van der Waals surface area contributed by atoms with E-state index >= 15 is 0 Å². The molecule has 0 saturated carbocycles. The summed E-state index contributed by atoms with van der Waals surface area (Å²) < 4.78 is 31.8. The number of nitrogens with zero attached hydrogens (tertiary/aromatic N) is 4. The minimum absolute atomic E-state index is 0.0790. The number of aromatic nitrogens is 3. The maximum atomic E-state index is 13.5. The van der Waals surface area contributed by atoms with Crippen molar-refractivity contribution in [2.45, 2.75) is 25.9 Å². The van der Waals surface area contributed by atoms with E-state index < -0.39 is 12.2 Å². The number of halogens is 1. The molecule has 7 rings (SSSR count). The number of carbonyl (C=O) groups excluding carboxylic acids is 2. The predicted octanol–water partition coefficient (Wildman–Crippen LogP) is 6.82. The first-order valence-corrected chi connectivity index (χ1v) is 16.0. The number of aryl methyl sites for hydroxylation is 1. The number of nitrogens with one attached hydrogen (secondary N) is 1. The molecule has 1 fully saturated rings. The second kappa shape index (κ2) is 12.7. The molecule has 1 amide bonds. The fourth-order valence-corrected chi connectivity index (χ4v) is 6.34. The van der Waals surface area contributed by atoms with Crippen molar-refractivity contribution in [2.75, 3.05) is 25.3 Å². The van der Waals surface area contributed by atoms with Gasteiger partial charge in [-0.3, -0.25) is 9.20 Å². The first kappa shape index (κ1) is 30.2. The maximum absolute atomic E-state index is 13.5. The van der Waals surface area contributed by atoms with Crippen molar-refractivity contribution in [3.05, 3.63) is 101 Å². The number of benzene rings is 2. The summed E-state index contributed by atoms with van der Waals surface area (Å²) in [5.74, 6) is 1.74. The zero-order valence-electron chi connectivity index (χ0n) is 25.6. The average Bonchev–Trinajstić information content (AvgIpc) is 3.89. The van der Waals surface area contributed by atoms with Gasteiger partial charge in [0.1, 0.15) is 23.4 Å². The van der Waals surface area contributed by atoms with Gasteiger partial charge in [-0.2, -0.15) is 0 Å². The van der Waals surface area contributed by atoms with E-state index in [9.17, 15) is 14.0 Å². The fraction of sp³-hybridized carbons (Fsp3) is 0.200. The first-order valence-electron chi connectivity index (χ1n) is 15.1. The van der Waals surface area contributed by atoms with Gasteiger partial charge in [-0.1, -0.05) is 19.1 Å². The number of pyridine rings is 1. The molecule has 3 aromatic heterocycles. The zero-order valence-corrected chi connectivity index (χ0v) is 26.4. The molecular formula is C35H30FN5O5S. The number of amides is 1. The number of anilines is 2. The minimum Gasteiger partial charge on any atom is -0.454 e. The van der Waals surface area contributed by atoms with E-state index in [0.29, 0.717) is 24.5 Å². The summed E-state index contributed by atoms with van der Waals surface area (Å²) in [7, 11) is 1.95. The lowest BCUT2D eigenvalue weighted by Crippen LogP contribution is -2.17. The maximum Gasteiger partial charge on any atom is 0.407 e. The highest BCUT2D eigenvalue weighted by molar-refractivity contribution is 7.14. The molecule has 238 valence electrons. The fourth-order valence-electron chi connectivity index (χ4n) is 5.54. The molecule has 12 heteroatoms. The van der Waals surface area contributed by atoms with Crippen LogP contribution in [0.2, 0.25) is 0 Å². The molecule has 5 heterocycles. The molecule has 0 bridgehead atoms. The number of cyclic esters (lactones) is 1. The third-order valence-electron chi connectivity index (χ3n) is 7.91. The van der Waals surface area contributed by atoms with Crippen LogP contribution in [0, 0.1) is 5.82 Å². The number of thiazole rings is 1. The van der Waals surface area contributed by atoms with Crippen molar-refractivity contribution in [3.8, 4) is 22.8 Å². The second-order valence-corrected chi connectivity index (χ2v) is 11.9. The van der Waals surface area contributed by atoms with E-state index in [4.69, 9.17) is 24.2 Å². The average molecular weight is 652 g/mol. The smallest absolute Gasteiger partial charge is 0.407 e. The zero-order chi connectivity index (χ0) is 32.5. The molecule has 47 heavy (non-hydrogen) atoms. The first-order chi connectivity index (χ1) is 22.8. The quantitative estimate of drug-likeness (QED) is 0.130. The minimum atomic E-state index is -0.513. The topological polar surface area (TPSA) is 107 Å². The van der Waals surface area contributed by atoms with Gasteiger partial charge >= 0.3 is 6.09 Å². The molecule has 5 aromatic rings. The number of fused-ring (bicyclic) bond motifs is 2. The predicted molar refractivity (Wildman–Crippen MR) is 178 cm³/mol. The molecule has 1 N–H and O–H groups in total. The van der Waals surface area contributed by atoms with Crippen molar-refractivity contribution < 1.29 is 28.2 Å². The van der Waals surface area contributed by atoms with Crippen LogP contribution < -0.4 is 19.7 Å². The van der Waals surface area contributed by atoms with Crippen LogP contribution in [0.3, 0.4) is 0 Å². The van der Waals surface area contributed by atoms with Gasteiger partial charge in [-0.25, -0.2) is 19.2 Å². The lowest BCUT2D eigenvalue weighted by atomic mass is 10.0. The second-order valence-electron chi connectivity index (χ2n) is 11.1. The number of rotatable bonds is 10. The van der Waals surface area contributed by atoms with Crippen molar-refractivity contribution >= 4 is 51.5 Å². The van der Waals surface area contributed by atoms with Crippen molar-refractivity contribution in [1.82, 2.24) is 19.7 Å². The lowest BCUT2D eigenvalue weighted by molar-refractivity contribution is -0.116. The molecule has 1 saturated heterocycles. The largest absolute Gasteiger partial charge is 0.454 e. The molecule has 1 unspecified atom stereocenters. The number of imidazole rings is 1. The van der Waals surface area contributed by atoms with E-state index in [1.165, 1.54) is 29.5 Å². The van der Waals surface area contributed by atoms with E-state index in [1.807, 2.05) is 64.3 Å². The van der Waals surface area contributed by atoms with Gasteiger partial charge in [-0.05, 0) is 83.8 Å². The number of ketones is 1. The van der Waals surface area contributed by atoms with Crippen LogP contribution in [-0.4, -0.2) is 52.7 Å². The van der Waals surface area contributed by atoms with Gasteiger partial charge in [0.25, 0.3) is 0 Å². The number of carbonyl (C=O) groups is 2. The Morgan fingerprint density at radius 2 is 1.94 bits per heavy atom. The van der Waals surface area contributed by atoms with Crippen LogP contribution in [0.4, 0.5) is 20.1 Å². The normalized spacial score (nSPS) is 15.8. The van der Waals surface area contributed by atoms with Crippen LogP contribution in [0.15, 0.2) is 78.3 Å². The molecule has 0 spiro atoms. The van der Waals surface area contributed by atoms with Crippen LogP contribution in [0.5, 0.6) is 11.5 Å². The molecule has 2 aliphatic rings. The molecular weight excluding hydrogens is 621 g/mol. The Morgan fingerprint density at radius 1 is 1.11 bits per heavy atom. The third-order valence-corrected chi connectivity index (χ3v) is 8.83. The number of hydrogen-bond donors (Lipinski definition) is 1. The van der Waals surface area contributed by atoms with Crippen molar-refractivity contribution in [1.29, 1.82) is 0 Å². The summed E-state index contributed by atoms with van der Waals surface area (Å²) in [4.78, 5) is 36.1. The van der Waals surface area contributed by atoms with Gasteiger partial charge in [0, 0.05) is 30.6 Å². The standard InChI is InChI=1S/C35H30FN5O5S/c1-3-28-33(40(2)34-39-29(19-47-34)22-5-9-25(36)10-6-22)41-18-24(8-13-32(41)38-28)23(7-11-26(42)16-27-17-37-35(43)46-27)14-21-4-12-30-31(15-21)45-20-44-30/h4-15,18-19,27H,3,16-17,20H2,1-2H3,(H,37,43). The molecule has 10 nitrogen and oxygen atoms in total. The summed E-state index contributed by atoms with van der Waals surface area (Å²) in [6, 6.07) is 15.9. The van der Waals surface area contributed by atoms with Gasteiger partial charge < -0.3 is 24.4 Å². The molecule has 2 aliphatic heterocycles. The van der Waals surface area contributed by atoms with Gasteiger partial charge in [0.05, 0.1) is 17.9 Å². The van der Waals surface area contributed by atoms with Crippen molar-refractivity contribution in [3.63, 3.8) is 0 Å². The highest BCUT2D eigenvalue weighted by Crippen LogP contribution is 2.36. The highest BCUT2D eigenvalue weighted by atomic mass is 32.1. The van der Waals surface area contributed by atoms with E-state index in [-0.39, 0.29) is 24.8 Å². The Morgan fingerprint density at radius 3 is 2.72 bits per heavy atom. The monoisotopic (exact) mass is 651 g/mol. The Hall–Kier alpha value is -5.49. The molecule has 2 aromatic carbocycles. The Kier molecular flexibility index (Phi) is 8.17. The third kappa shape index (κ3) is 6.32. The van der Waals surface area contributed by atoms with Gasteiger partial charge in [0.15, 0.2) is 22.4 Å². The van der Waals surface area contributed by atoms with E-state index in [1.54, 1.807) is 18.2 Å². The number of alkyl carbamates (subject to hydrolysis) is 1. The highest BCUT2D eigenvalue weighted by Gasteiger charge is 2.24.